The first-order chi connectivity index (χ1) is 8.61. The van der Waals surface area contributed by atoms with Crippen LogP contribution in [0.4, 0.5) is 10.1 Å². The number of nitrogens with zero attached hydrogens (tertiary/aromatic N) is 3. The van der Waals surface area contributed by atoms with Crippen LogP contribution in [0.15, 0.2) is 18.5 Å². The van der Waals surface area contributed by atoms with E-state index in [4.69, 9.17) is 5.26 Å². The number of H-pyrrole nitrogens is 1. The van der Waals surface area contributed by atoms with Gasteiger partial charge in [-0.15, -0.1) is 0 Å². The number of nitriles is 1. The summed E-state index contributed by atoms with van der Waals surface area (Å²) < 4.78 is 13.5. The largest absolute Gasteiger partial charge is 0.319 e. The summed E-state index contributed by atoms with van der Waals surface area (Å²) in [7, 11) is 0. The molecule has 2 N–H and O–H groups in total. The average molecular weight is 245 g/mol. The second kappa shape index (κ2) is 4.63. The molecule has 0 aliphatic carbocycles. The van der Waals surface area contributed by atoms with Gasteiger partial charge in [-0.3, -0.25) is 9.89 Å². The second-order valence-corrected chi connectivity index (χ2v) is 3.53. The van der Waals surface area contributed by atoms with Gasteiger partial charge in [-0.05, 0) is 19.1 Å². The van der Waals surface area contributed by atoms with E-state index in [1.54, 1.807) is 0 Å². The Morgan fingerprint density at radius 3 is 2.94 bits per heavy atom. The maximum absolute atomic E-state index is 13.5. The van der Waals surface area contributed by atoms with E-state index < -0.39 is 11.7 Å². The number of amides is 1. The molecule has 2 rings (SSSR count). The molecule has 0 unspecified atom stereocenters. The van der Waals surface area contributed by atoms with E-state index in [1.807, 2.05) is 6.07 Å². The Bertz CT molecular complexity index is 630. The van der Waals surface area contributed by atoms with E-state index in [0.29, 0.717) is 0 Å². The molecule has 0 aliphatic heterocycles. The number of benzene rings is 1. The third kappa shape index (κ3) is 2.17. The van der Waals surface area contributed by atoms with Crippen molar-refractivity contribution in [3.8, 4) is 6.07 Å². The summed E-state index contributed by atoms with van der Waals surface area (Å²) in [6.07, 6.45) is 1.19. The molecule has 0 radical (unpaired) electrons. The van der Waals surface area contributed by atoms with Crippen molar-refractivity contribution in [1.82, 2.24) is 15.2 Å². The predicted octanol–water partition coefficient (Wildman–Crippen LogP) is 1.38. The van der Waals surface area contributed by atoms with E-state index in [-0.39, 0.29) is 22.6 Å². The van der Waals surface area contributed by atoms with E-state index in [9.17, 15) is 9.18 Å². The fraction of sp³-hybridized carbons (Fsp3) is 0.0909. The highest BCUT2D eigenvalue weighted by atomic mass is 19.1. The van der Waals surface area contributed by atoms with Crippen molar-refractivity contribution < 1.29 is 9.18 Å². The molecule has 0 saturated carbocycles. The van der Waals surface area contributed by atoms with Crippen LogP contribution >= 0.6 is 0 Å². The van der Waals surface area contributed by atoms with Crippen molar-refractivity contribution in [2.24, 2.45) is 0 Å². The molecule has 0 saturated heterocycles. The first kappa shape index (κ1) is 11.7. The van der Waals surface area contributed by atoms with Crippen molar-refractivity contribution in [1.29, 1.82) is 5.26 Å². The minimum absolute atomic E-state index is 0.0113. The fourth-order valence-electron chi connectivity index (χ4n) is 1.37. The summed E-state index contributed by atoms with van der Waals surface area (Å²) in [5, 5.41) is 17.1. The fourth-order valence-corrected chi connectivity index (χ4v) is 1.37. The lowest BCUT2D eigenvalue weighted by Gasteiger charge is -2.08. The zero-order valence-electron chi connectivity index (χ0n) is 9.36. The molecule has 1 amide bonds. The quantitative estimate of drug-likeness (QED) is 0.835. The number of aromatic nitrogens is 3. The van der Waals surface area contributed by atoms with Gasteiger partial charge in [0.2, 0.25) is 5.82 Å². The summed E-state index contributed by atoms with van der Waals surface area (Å²) in [4.78, 5) is 15.4. The van der Waals surface area contributed by atoms with E-state index >= 15 is 0 Å². The number of rotatable bonds is 2. The van der Waals surface area contributed by atoms with Crippen LogP contribution in [0.25, 0.3) is 0 Å². The Hall–Kier alpha value is -2.75. The molecule has 7 heteroatoms. The molecule has 0 spiro atoms. The molecule has 18 heavy (non-hydrogen) atoms. The average Bonchev–Trinajstić information content (AvgIpc) is 2.88. The molecule has 0 aliphatic rings. The SMILES string of the molecule is Cc1c(F)cc(C#N)cc1NC(=O)c1ncn[nH]1. The molecule has 1 aromatic heterocycles. The lowest BCUT2D eigenvalue weighted by molar-refractivity contribution is 0.101. The van der Waals surface area contributed by atoms with Crippen LogP contribution in [0, 0.1) is 24.1 Å². The van der Waals surface area contributed by atoms with Crippen LogP contribution in [0.5, 0.6) is 0 Å². The van der Waals surface area contributed by atoms with Crippen LogP contribution in [0.3, 0.4) is 0 Å². The van der Waals surface area contributed by atoms with Gasteiger partial charge in [-0.2, -0.15) is 10.4 Å². The molecule has 0 atom stereocenters. The van der Waals surface area contributed by atoms with Gasteiger partial charge in [0.25, 0.3) is 5.91 Å². The highest BCUT2D eigenvalue weighted by Gasteiger charge is 2.13. The Morgan fingerprint density at radius 1 is 1.56 bits per heavy atom. The van der Waals surface area contributed by atoms with Crippen LogP contribution in [0.2, 0.25) is 0 Å². The summed E-state index contributed by atoms with van der Waals surface area (Å²) in [6, 6.07) is 4.32. The third-order valence-corrected chi connectivity index (χ3v) is 2.35. The van der Waals surface area contributed by atoms with Crippen molar-refractivity contribution in [2.45, 2.75) is 6.92 Å². The van der Waals surface area contributed by atoms with Crippen molar-refractivity contribution >= 4 is 11.6 Å². The van der Waals surface area contributed by atoms with Gasteiger partial charge in [0.15, 0.2) is 0 Å². The van der Waals surface area contributed by atoms with E-state index in [2.05, 4.69) is 20.5 Å². The lowest BCUT2D eigenvalue weighted by atomic mass is 10.1. The number of hydrogen-bond donors (Lipinski definition) is 2. The third-order valence-electron chi connectivity index (χ3n) is 2.35. The molecule has 6 nitrogen and oxygen atoms in total. The molecule has 0 fully saturated rings. The number of carbonyl (C=O) groups excluding carboxylic acids is 1. The minimum Gasteiger partial charge on any atom is -0.319 e. The first-order valence-corrected chi connectivity index (χ1v) is 4.99. The smallest absolute Gasteiger partial charge is 0.292 e. The molecular formula is C11H8FN5O. The molecule has 90 valence electrons. The zero-order chi connectivity index (χ0) is 13.1. The van der Waals surface area contributed by atoms with Crippen LogP contribution in [0.1, 0.15) is 21.7 Å². The summed E-state index contributed by atoms with van der Waals surface area (Å²) >= 11 is 0. The van der Waals surface area contributed by atoms with Gasteiger partial charge in [-0.1, -0.05) is 0 Å². The highest BCUT2D eigenvalue weighted by Crippen LogP contribution is 2.20. The van der Waals surface area contributed by atoms with E-state index in [1.165, 1.54) is 19.3 Å². The maximum atomic E-state index is 13.5. The number of carbonyl (C=O) groups is 1. The molecule has 1 heterocycles. The van der Waals surface area contributed by atoms with Crippen LogP contribution in [-0.4, -0.2) is 21.1 Å². The van der Waals surface area contributed by atoms with Crippen molar-refractivity contribution in [3.63, 3.8) is 0 Å². The molecular weight excluding hydrogens is 237 g/mol. The van der Waals surface area contributed by atoms with Gasteiger partial charge in [0, 0.05) is 11.3 Å². The summed E-state index contributed by atoms with van der Waals surface area (Å²) in [6.45, 7) is 1.51. The lowest BCUT2D eigenvalue weighted by Crippen LogP contribution is -2.15. The number of halogens is 1. The van der Waals surface area contributed by atoms with Gasteiger partial charge in [-0.25, -0.2) is 9.37 Å². The van der Waals surface area contributed by atoms with Gasteiger partial charge < -0.3 is 5.32 Å². The predicted molar refractivity (Wildman–Crippen MR) is 60.2 cm³/mol. The normalized spacial score (nSPS) is 9.83. The number of aromatic amines is 1. The Balaban J connectivity index is 2.32. The summed E-state index contributed by atoms with van der Waals surface area (Å²) in [5.41, 5.74) is 0.612. The van der Waals surface area contributed by atoms with Gasteiger partial charge in [0.1, 0.15) is 12.1 Å². The Morgan fingerprint density at radius 2 is 2.33 bits per heavy atom. The number of hydrogen-bond acceptors (Lipinski definition) is 4. The Kier molecular flexibility index (Phi) is 3.02. The molecule has 2 aromatic rings. The monoisotopic (exact) mass is 245 g/mol. The van der Waals surface area contributed by atoms with Gasteiger partial charge in [0.05, 0.1) is 11.6 Å². The van der Waals surface area contributed by atoms with Crippen molar-refractivity contribution in [3.05, 3.63) is 41.2 Å². The topological polar surface area (TPSA) is 94.5 Å². The Labute approximate surface area is 101 Å². The highest BCUT2D eigenvalue weighted by molar-refractivity contribution is 6.01. The standard InChI is InChI=1S/C11H8FN5O/c1-6-8(12)2-7(4-13)3-9(6)16-11(18)10-14-5-15-17-10/h2-3,5H,1H3,(H,16,18)(H,14,15,17). The maximum Gasteiger partial charge on any atom is 0.292 e. The second-order valence-electron chi connectivity index (χ2n) is 3.53. The number of nitrogens with one attached hydrogen (secondary N) is 2. The number of anilines is 1. The minimum atomic E-state index is -0.554. The van der Waals surface area contributed by atoms with Crippen molar-refractivity contribution in [2.75, 3.05) is 5.32 Å². The zero-order valence-corrected chi connectivity index (χ0v) is 9.36. The first-order valence-electron chi connectivity index (χ1n) is 4.99. The summed E-state index contributed by atoms with van der Waals surface area (Å²) in [5.74, 6) is -1.09. The van der Waals surface area contributed by atoms with Crippen LogP contribution in [-0.2, 0) is 0 Å². The molecule has 1 aromatic carbocycles. The van der Waals surface area contributed by atoms with E-state index in [0.717, 1.165) is 6.07 Å². The molecule has 0 bridgehead atoms. The van der Waals surface area contributed by atoms with Crippen LogP contribution < -0.4 is 5.32 Å². The van der Waals surface area contributed by atoms with Gasteiger partial charge >= 0.3 is 0 Å².